The Morgan fingerprint density at radius 1 is 1.26 bits per heavy atom. The van der Waals surface area contributed by atoms with Crippen LogP contribution in [0.1, 0.15) is 51.8 Å². The number of halogens is 1. The molecule has 1 unspecified atom stereocenters. The molecule has 0 aromatic heterocycles. The first-order chi connectivity index (χ1) is 10.5. The van der Waals surface area contributed by atoms with Gasteiger partial charge in [0.05, 0.1) is 17.2 Å². The van der Waals surface area contributed by atoms with Gasteiger partial charge in [0.15, 0.2) is 0 Å². The summed E-state index contributed by atoms with van der Waals surface area (Å²) in [5.41, 5.74) is 0.208. The van der Waals surface area contributed by atoms with E-state index in [0.29, 0.717) is 16.6 Å². The average Bonchev–Trinajstić information content (AvgIpc) is 2.60. The zero-order valence-corrected chi connectivity index (χ0v) is 14.4. The molecule has 1 fully saturated rings. The highest BCUT2D eigenvalue weighted by Crippen LogP contribution is 2.37. The van der Waals surface area contributed by atoms with Gasteiger partial charge >= 0.3 is 13.2 Å². The van der Waals surface area contributed by atoms with E-state index >= 15 is 0 Å². The summed E-state index contributed by atoms with van der Waals surface area (Å²) in [4.78, 5) is 10.8. The monoisotopic (exact) mass is 323 g/mol. The molecule has 2 N–H and O–H groups in total. The lowest BCUT2D eigenvalue weighted by molar-refractivity contribution is 0.00578. The summed E-state index contributed by atoms with van der Waals surface area (Å²) in [7, 11) is -0.782. The number of carboxylic acid groups (broad SMARTS) is 1. The fourth-order valence-corrected chi connectivity index (χ4v) is 2.61. The van der Waals surface area contributed by atoms with Crippen molar-refractivity contribution >= 4 is 18.7 Å². The molecule has 23 heavy (non-hydrogen) atoms. The second-order valence-corrected chi connectivity index (χ2v) is 6.94. The van der Waals surface area contributed by atoms with Crippen molar-refractivity contribution < 1.29 is 23.6 Å². The van der Waals surface area contributed by atoms with E-state index in [1.54, 1.807) is 26.0 Å². The number of rotatable bonds is 3. The minimum atomic E-state index is -1.15. The van der Waals surface area contributed by atoms with Crippen LogP contribution in [0, 0.1) is 12.7 Å². The van der Waals surface area contributed by atoms with Gasteiger partial charge in [-0.05, 0) is 52.7 Å². The first kappa shape index (κ1) is 17.8. The van der Waals surface area contributed by atoms with E-state index < -0.39 is 36.3 Å². The van der Waals surface area contributed by atoms with E-state index in [4.69, 9.17) is 14.4 Å². The highest BCUT2D eigenvalue weighted by molar-refractivity contribution is 6.62. The number of hydrogen-bond donors (Lipinski definition) is 2. The van der Waals surface area contributed by atoms with E-state index in [9.17, 15) is 9.18 Å². The van der Waals surface area contributed by atoms with Gasteiger partial charge in [0.25, 0.3) is 0 Å². The van der Waals surface area contributed by atoms with Crippen LogP contribution in [0.5, 0.6) is 0 Å². The van der Waals surface area contributed by atoms with Gasteiger partial charge in [-0.3, -0.25) is 0 Å². The van der Waals surface area contributed by atoms with Crippen molar-refractivity contribution in [2.45, 2.75) is 58.8 Å². The van der Waals surface area contributed by atoms with Gasteiger partial charge < -0.3 is 19.7 Å². The zero-order chi connectivity index (χ0) is 17.6. The Labute approximate surface area is 136 Å². The summed E-state index contributed by atoms with van der Waals surface area (Å²) in [6, 6.07) is 2.80. The second kappa shape index (κ2) is 5.80. The van der Waals surface area contributed by atoms with Gasteiger partial charge in [-0.25, -0.2) is 9.18 Å². The molecular weight excluding hydrogens is 300 g/mol. The van der Waals surface area contributed by atoms with Crippen molar-refractivity contribution in [3.8, 4) is 0 Å². The van der Waals surface area contributed by atoms with Crippen molar-refractivity contribution in [3.05, 3.63) is 29.1 Å². The maximum Gasteiger partial charge on any atom is 0.497 e. The van der Waals surface area contributed by atoms with Crippen LogP contribution in [0.25, 0.3) is 0 Å². The van der Waals surface area contributed by atoms with E-state index in [-0.39, 0.29) is 0 Å². The van der Waals surface area contributed by atoms with E-state index in [0.717, 1.165) is 0 Å². The Morgan fingerprint density at radius 3 is 2.26 bits per heavy atom. The number of amides is 1. The van der Waals surface area contributed by atoms with Gasteiger partial charge in [0.1, 0.15) is 5.82 Å². The highest BCUT2D eigenvalue weighted by Gasteiger charge is 2.52. The topological polar surface area (TPSA) is 67.8 Å². The molecule has 1 aliphatic rings. The summed E-state index contributed by atoms with van der Waals surface area (Å²) in [6.45, 7) is 10.9. The molecule has 2 rings (SSSR count). The Hall–Kier alpha value is -1.60. The molecular formula is C16H23BFNO4. The van der Waals surface area contributed by atoms with Crippen LogP contribution in [-0.4, -0.2) is 29.5 Å². The van der Waals surface area contributed by atoms with Crippen LogP contribution in [-0.2, 0) is 9.31 Å². The molecule has 1 heterocycles. The van der Waals surface area contributed by atoms with Gasteiger partial charge in [-0.1, -0.05) is 12.1 Å². The molecule has 0 saturated carbocycles. The van der Waals surface area contributed by atoms with Gasteiger partial charge in [0.2, 0.25) is 0 Å². The third kappa shape index (κ3) is 3.21. The molecule has 0 radical (unpaired) electrons. The molecule has 0 spiro atoms. The van der Waals surface area contributed by atoms with E-state index in [1.165, 1.54) is 0 Å². The summed E-state index contributed by atoms with van der Waals surface area (Å²) in [5, 5.41) is 11.1. The molecule has 1 aromatic carbocycles. The Balaban J connectivity index is 2.33. The van der Waals surface area contributed by atoms with Gasteiger partial charge in [0, 0.05) is 5.46 Å². The number of nitrogens with one attached hydrogen (secondary N) is 1. The molecule has 1 aliphatic heterocycles. The molecule has 126 valence electrons. The summed E-state index contributed by atoms with van der Waals surface area (Å²) < 4.78 is 26.5. The fraction of sp³-hybridized carbons (Fsp3) is 0.562. The van der Waals surface area contributed by atoms with Gasteiger partial charge in [-0.2, -0.15) is 0 Å². The third-order valence-electron chi connectivity index (χ3n) is 4.77. The maximum atomic E-state index is 14.8. The van der Waals surface area contributed by atoms with Crippen molar-refractivity contribution in [3.63, 3.8) is 0 Å². The summed E-state index contributed by atoms with van der Waals surface area (Å²) >= 11 is 0. The van der Waals surface area contributed by atoms with Crippen LogP contribution in [0.4, 0.5) is 9.18 Å². The lowest BCUT2D eigenvalue weighted by Gasteiger charge is -2.32. The largest absolute Gasteiger partial charge is 0.497 e. The molecule has 0 bridgehead atoms. The fourth-order valence-electron chi connectivity index (χ4n) is 2.61. The predicted molar refractivity (Wildman–Crippen MR) is 86.4 cm³/mol. The Kier molecular flexibility index (Phi) is 4.48. The first-order valence-electron chi connectivity index (χ1n) is 7.60. The number of benzene rings is 1. The number of hydrogen-bond acceptors (Lipinski definition) is 3. The summed E-state index contributed by atoms with van der Waals surface area (Å²) in [6.07, 6.45) is -1.15. The smallest absolute Gasteiger partial charge is 0.465 e. The average molecular weight is 323 g/mol. The maximum absolute atomic E-state index is 14.8. The Morgan fingerprint density at radius 2 is 1.78 bits per heavy atom. The van der Waals surface area contributed by atoms with Crippen LogP contribution >= 0.6 is 0 Å². The standard InChI is InChI=1S/C16H23BFNO4/c1-9-11(10(2)19-14(20)21)7-8-12(13(9)18)17-22-15(3,4)16(5,6)23-17/h7-8,10,19H,1-6H3,(H,20,21). The molecule has 1 aromatic rings. The lowest BCUT2D eigenvalue weighted by Crippen LogP contribution is -2.41. The molecule has 1 saturated heterocycles. The third-order valence-corrected chi connectivity index (χ3v) is 4.77. The van der Waals surface area contributed by atoms with Crippen LogP contribution in [0.3, 0.4) is 0 Å². The van der Waals surface area contributed by atoms with E-state index in [2.05, 4.69) is 5.32 Å². The quantitative estimate of drug-likeness (QED) is 0.840. The highest BCUT2D eigenvalue weighted by atomic mass is 19.1. The minimum Gasteiger partial charge on any atom is -0.465 e. The van der Waals surface area contributed by atoms with Gasteiger partial charge in [-0.15, -0.1) is 0 Å². The molecule has 1 amide bonds. The predicted octanol–water partition coefficient (Wildman–Crippen LogP) is 2.76. The van der Waals surface area contributed by atoms with Crippen LogP contribution < -0.4 is 10.8 Å². The summed E-state index contributed by atoms with van der Waals surface area (Å²) in [5.74, 6) is -0.431. The SMILES string of the molecule is Cc1c(C(C)NC(=O)O)ccc(B2OC(C)(C)C(C)(C)O2)c1F. The normalized spacial score (nSPS) is 20.4. The van der Waals surface area contributed by atoms with Crippen molar-refractivity contribution in [2.75, 3.05) is 0 Å². The molecule has 7 heteroatoms. The van der Waals surface area contributed by atoms with Crippen molar-refractivity contribution in [1.29, 1.82) is 0 Å². The minimum absolute atomic E-state index is 0.326. The molecule has 1 atom stereocenters. The molecule has 5 nitrogen and oxygen atoms in total. The van der Waals surface area contributed by atoms with Crippen molar-refractivity contribution in [2.24, 2.45) is 0 Å². The Bertz CT molecular complexity index is 617. The van der Waals surface area contributed by atoms with Crippen LogP contribution in [0.15, 0.2) is 12.1 Å². The molecule has 0 aliphatic carbocycles. The van der Waals surface area contributed by atoms with E-state index in [1.807, 2.05) is 27.7 Å². The number of carbonyl (C=O) groups is 1. The second-order valence-electron chi connectivity index (χ2n) is 6.94. The lowest BCUT2D eigenvalue weighted by atomic mass is 9.76. The zero-order valence-electron chi connectivity index (χ0n) is 14.4. The first-order valence-corrected chi connectivity index (χ1v) is 7.60. The van der Waals surface area contributed by atoms with Crippen LogP contribution in [0.2, 0.25) is 0 Å². The van der Waals surface area contributed by atoms with Crippen molar-refractivity contribution in [1.82, 2.24) is 5.32 Å².